The van der Waals surface area contributed by atoms with E-state index in [1.54, 1.807) is 11.0 Å². The van der Waals surface area contributed by atoms with E-state index in [0.717, 1.165) is 17.5 Å². The Labute approximate surface area is 144 Å². The minimum Gasteiger partial charge on any atom is -0.471 e. The van der Waals surface area contributed by atoms with Crippen molar-refractivity contribution in [3.63, 3.8) is 0 Å². The summed E-state index contributed by atoms with van der Waals surface area (Å²) in [7, 11) is 0. The molecule has 3 heterocycles. The molecular weight excluding hydrogens is 320 g/mol. The molecular formula is C18H18N4O3. The quantitative estimate of drug-likeness (QED) is 0.725. The maximum atomic E-state index is 12.6. The molecule has 128 valence electrons. The normalized spacial score (nSPS) is 17.2. The summed E-state index contributed by atoms with van der Waals surface area (Å²) in [6.45, 7) is 3.09. The zero-order valence-electron chi connectivity index (χ0n) is 13.9. The van der Waals surface area contributed by atoms with Gasteiger partial charge >= 0.3 is 0 Å². The lowest BCUT2D eigenvalue weighted by Gasteiger charge is -2.16. The summed E-state index contributed by atoms with van der Waals surface area (Å²) in [5.41, 5.74) is 2.22. The van der Waals surface area contributed by atoms with Crippen molar-refractivity contribution < 1.29 is 14.1 Å². The number of nitrogens with zero attached hydrogens (tertiary/aromatic N) is 4. The molecule has 2 aromatic heterocycles. The van der Waals surface area contributed by atoms with Gasteiger partial charge in [-0.2, -0.15) is 5.10 Å². The van der Waals surface area contributed by atoms with Gasteiger partial charge in [0.2, 0.25) is 11.8 Å². The van der Waals surface area contributed by atoms with E-state index in [1.165, 1.54) is 0 Å². The van der Waals surface area contributed by atoms with Gasteiger partial charge in [0.15, 0.2) is 5.58 Å². The number of fused-ring (bicyclic) bond motifs is 1. The summed E-state index contributed by atoms with van der Waals surface area (Å²) in [5, 5.41) is 12.9. The van der Waals surface area contributed by atoms with Crippen molar-refractivity contribution in [2.75, 3.05) is 13.1 Å². The second-order valence-corrected chi connectivity index (χ2v) is 6.18. The fourth-order valence-corrected chi connectivity index (χ4v) is 2.99. The monoisotopic (exact) mass is 338 g/mol. The number of likely N-dealkylation sites (tertiary alicyclic amines) is 1. The fraction of sp³-hybridized carbons (Fsp3) is 0.333. The van der Waals surface area contributed by atoms with Crippen molar-refractivity contribution in [3.05, 3.63) is 47.8 Å². The fourth-order valence-electron chi connectivity index (χ4n) is 2.99. The summed E-state index contributed by atoms with van der Waals surface area (Å²) < 4.78 is 11.1. The molecule has 0 aliphatic carbocycles. The maximum Gasteiger partial charge on any atom is 0.233 e. The van der Waals surface area contributed by atoms with Crippen LogP contribution < -0.4 is 4.74 Å². The lowest BCUT2D eigenvalue weighted by molar-refractivity contribution is -0.129. The highest BCUT2D eigenvalue weighted by molar-refractivity contribution is 5.86. The van der Waals surface area contributed by atoms with Gasteiger partial charge in [-0.1, -0.05) is 17.3 Å². The topological polar surface area (TPSA) is 81.4 Å². The van der Waals surface area contributed by atoms with Crippen LogP contribution in [0, 0.1) is 6.92 Å². The van der Waals surface area contributed by atoms with E-state index >= 15 is 0 Å². The van der Waals surface area contributed by atoms with Crippen molar-refractivity contribution in [2.24, 2.45) is 0 Å². The first-order chi connectivity index (χ1) is 12.2. The first kappa shape index (κ1) is 15.6. The van der Waals surface area contributed by atoms with Gasteiger partial charge in [0.1, 0.15) is 11.8 Å². The van der Waals surface area contributed by atoms with Crippen molar-refractivity contribution in [3.8, 4) is 5.88 Å². The smallest absolute Gasteiger partial charge is 0.233 e. The summed E-state index contributed by atoms with van der Waals surface area (Å²) in [6, 6.07) is 11.2. The summed E-state index contributed by atoms with van der Waals surface area (Å²) in [5.74, 6) is 0.521. The Morgan fingerprint density at radius 3 is 3.00 bits per heavy atom. The summed E-state index contributed by atoms with van der Waals surface area (Å²) in [6.07, 6.45) is 0.949. The van der Waals surface area contributed by atoms with Crippen molar-refractivity contribution in [1.29, 1.82) is 0 Å². The number of carbonyl (C=O) groups is 1. The SMILES string of the molecule is Cc1ccc(OC2CCN(C(=O)Cc3noc4ccccc34)C2)nn1. The molecule has 4 rings (SSSR count). The van der Waals surface area contributed by atoms with Crippen LogP contribution in [0.5, 0.6) is 5.88 Å². The van der Waals surface area contributed by atoms with E-state index in [-0.39, 0.29) is 18.4 Å². The minimum absolute atomic E-state index is 0.0279. The number of hydrogen-bond acceptors (Lipinski definition) is 6. The van der Waals surface area contributed by atoms with Crippen molar-refractivity contribution in [1.82, 2.24) is 20.3 Å². The van der Waals surface area contributed by atoms with Gasteiger partial charge in [-0.3, -0.25) is 4.79 Å². The van der Waals surface area contributed by atoms with E-state index in [1.807, 2.05) is 37.3 Å². The molecule has 7 nitrogen and oxygen atoms in total. The van der Waals surface area contributed by atoms with E-state index in [9.17, 15) is 4.79 Å². The first-order valence-corrected chi connectivity index (χ1v) is 8.27. The number of para-hydroxylation sites is 1. The standard InChI is InChI=1S/C18H18N4O3/c1-12-6-7-17(20-19-12)24-13-8-9-22(11-13)18(23)10-15-14-4-2-3-5-16(14)25-21-15/h2-7,13H,8-11H2,1H3. The second kappa shape index (κ2) is 6.51. The molecule has 0 spiro atoms. The maximum absolute atomic E-state index is 12.6. The molecule has 1 aliphatic rings. The van der Waals surface area contributed by atoms with Crippen LogP contribution in [0.4, 0.5) is 0 Å². The van der Waals surface area contributed by atoms with E-state index in [4.69, 9.17) is 9.26 Å². The average molecular weight is 338 g/mol. The van der Waals surface area contributed by atoms with Crippen LogP contribution in [0.3, 0.4) is 0 Å². The van der Waals surface area contributed by atoms with Crippen LogP contribution in [-0.4, -0.2) is 45.4 Å². The summed E-state index contributed by atoms with van der Waals surface area (Å²) in [4.78, 5) is 14.4. The van der Waals surface area contributed by atoms with Gasteiger partial charge in [-0.25, -0.2) is 0 Å². The van der Waals surface area contributed by atoms with Gasteiger partial charge < -0.3 is 14.2 Å². The van der Waals surface area contributed by atoms with Gasteiger partial charge in [0.05, 0.1) is 18.7 Å². The Kier molecular flexibility index (Phi) is 4.05. The van der Waals surface area contributed by atoms with Gasteiger partial charge in [-0.15, -0.1) is 5.10 Å². The highest BCUT2D eigenvalue weighted by Crippen LogP contribution is 2.21. The van der Waals surface area contributed by atoms with Crippen LogP contribution in [0.25, 0.3) is 11.0 Å². The third kappa shape index (κ3) is 3.31. The predicted molar refractivity (Wildman–Crippen MR) is 90.1 cm³/mol. The zero-order valence-corrected chi connectivity index (χ0v) is 13.9. The third-order valence-electron chi connectivity index (χ3n) is 4.33. The summed E-state index contributed by atoms with van der Waals surface area (Å²) >= 11 is 0. The van der Waals surface area contributed by atoms with Crippen LogP contribution in [-0.2, 0) is 11.2 Å². The average Bonchev–Trinajstić information content (AvgIpc) is 3.25. The third-order valence-corrected chi connectivity index (χ3v) is 4.33. The first-order valence-electron chi connectivity index (χ1n) is 8.27. The molecule has 25 heavy (non-hydrogen) atoms. The number of carbonyl (C=O) groups excluding carboxylic acids is 1. The molecule has 1 unspecified atom stereocenters. The predicted octanol–water partition coefficient (Wildman–Crippen LogP) is 2.15. The van der Waals surface area contributed by atoms with Crippen molar-refractivity contribution >= 4 is 16.9 Å². The molecule has 0 radical (unpaired) electrons. The Morgan fingerprint density at radius 1 is 1.28 bits per heavy atom. The van der Waals surface area contributed by atoms with E-state index < -0.39 is 0 Å². The lowest BCUT2D eigenvalue weighted by Crippen LogP contribution is -2.32. The second-order valence-electron chi connectivity index (χ2n) is 6.18. The molecule has 0 bridgehead atoms. The molecule has 0 N–H and O–H groups in total. The Morgan fingerprint density at radius 2 is 2.16 bits per heavy atom. The largest absolute Gasteiger partial charge is 0.471 e. The number of aryl methyl sites for hydroxylation is 1. The number of ether oxygens (including phenoxy) is 1. The molecule has 3 aromatic rings. The number of rotatable bonds is 4. The number of hydrogen-bond donors (Lipinski definition) is 0. The highest BCUT2D eigenvalue weighted by atomic mass is 16.5. The van der Waals surface area contributed by atoms with E-state index in [2.05, 4.69) is 15.4 Å². The zero-order chi connectivity index (χ0) is 17.2. The van der Waals surface area contributed by atoms with Crippen LogP contribution in [0.2, 0.25) is 0 Å². The number of amides is 1. The van der Waals surface area contributed by atoms with Crippen LogP contribution in [0.15, 0.2) is 40.9 Å². The molecule has 1 fully saturated rings. The van der Waals surface area contributed by atoms with Crippen LogP contribution >= 0.6 is 0 Å². The Balaban J connectivity index is 1.38. The number of aromatic nitrogens is 3. The lowest BCUT2D eigenvalue weighted by atomic mass is 10.1. The van der Waals surface area contributed by atoms with Gasteiger partial charge in [0, 0.05) is 24.4 Å². The molecule has 1 amide bonds. The van der Waals surface area contributed by atoms with Crippen LogP contribution in [0.1, 0.15) is 17.8 Å². The highest BCUT2D eigenvalue weighted by Gasteiger charge is 2.28. The van der Waals surface area contributed by atoms with Gasteiger partial charge in [-0.05, 0) is 25.1 Å². The molecule has 0 saturated carbocycles. The Hall–Kier alpha value is -2.96. The molecule has 1 saturated heterocycles. The molecule has 7 heteroatoms. The molecule has 1 aliphatic heterocycles. The molecule has 1 aromatic carbocycles. The van der Waals surface area contributed by atoms with E-state index in [0.29, 0.717) is 30.2 Å². The van der Waals surface area contributed by atoms with Crippen molar-refractivity contribution in [2.45, 2.75) is 25.9 Å². The molecule has 1 atom stereocenters. The minimum atomic E-state index is -0.0602. The Bertz CT molecular complexity index is 891. The van der Waals surface area contributed by atoms with Gasteiger partial charge in [0.25, 0.3) is 0 Å². The number of benzene rings is 1.